The zero-order valence-electron chi connectivity index (χ0n) is 19.7. The first-order chi connectivity index (χ1) is 17.9. The minimum atomic E-state index is 0.0161. The van der Waals surface area contributed by atoms with Crippen LogP contribution in [-0.4, -0.2) is 10.7 Å². The van der Waals surface area contributed by atoms with Gasteiger partial charge in [0.25, 0.3) is 0 Å². The van der Waals surface area contributed by atoms with Crippen molar-refractivity contribution in [3.63, 3.8) is 0 Å². The molecule has 2 unspecified atom stereocenters. The maximum atomic E-state index is 5.29. The van der Waals surface area contributed by atoms with Crippen LogP contribution in [0.15, 0.2) is 139 Å². The molecule has 2 aliphatic heterocycles. The standard InChI is InChI=1S/C33H24N2S/c1-3-13-23(14-4-1)25-17-7-8-18-26(25)32-27-19-9-10-20-28(27)33(36-32)30-31(24-15-5-2-6-16-24)35-22-12-11-21-29(35)34-30/h1-22,30-31H. The SMILES string of the molecule is C1=CC2=NC(c3sc(-c4ccccc4-c4ccccc4)c4ccccc34)C(c3ccccc3)N2C=C1. The maximum Gasteiger partial charge on any atom is 0.128 e. The van der Waals surface area contributed by atoms with E-state index in [4.69, 9.17) is 4.99 Å². The highest BCUT2D eigenvalue weighted by molar-refractivity contribution is 7.17. The second-order valence-corrected chi connectivity index (χ2v) is 10.2. The lowest BCUT2D eigenvalue weighted by Crippen LogP contribution is -2.26. The molecule has 2 aliphatic rings. The third kappa shape index (κ3) is 3.43. The molecule has 0 fully saturated rings. The van der Waals surface area contributed by atoms with E-state index < -0.39 is 0 Å². The number of hydrogen-bond acceptors (Lipinski definition) is 3. The first kappa shape index (κ1) is 21.1. The molecule has 0 saturated carbocycles. The predicted octanol–water partition coefficient (Wildman–Crippen LogP) is 8.82. The molecule has 2 atom stereocenters. The van der Waals surface area contributed by atoms with Crippen molar-refractivity contribution in [1.82, 2.24) is 4.90 Å². The third-order valence-corrected chi connectivity index (χ3v) is 8.38. The second kappa shape index (κ2) is 8.78. The van der Waals surface area contributed by atoms with Gasteiger partial charge in [0.15, 0.2) is 0 Å². The molecule has 0 bridgehead atoms. The molecule has 3 heterocycles. The summed E-state index contributed by atoms with van der Waals surface area (Å²) < 4.78 is 0. The summed E-state index contributed by atoms with van der Waals surface area (Å²) in [7, 11) is 0. The Balaban J connectivity index is 1.44. The van der Waals surface area contributed by atoms with Crippen LogP contribution in [0.1, 0.15) is 22.5 Å². The van der Waals surface area contributed by atoms with Crippen molar-refractivity contribution in [2.45, 2.75) is 12.1 Å². The second-order valence-electron chi connectivity index (χ2n) is 9.15. The number of amidine groups is 1. The third-order valence-electron chi connectivity index (χ3n) is 7.05. The summed E-state index contributed by atoms with van der Waals surface area (Å²) in [6.45, 7) is 0. The summed E-state index contributed by atoms with van der Waals surface area (Å²) in [4.78, 5) is 10.2. The van der Waals surface area contributed by atoms with Gasteiger partial charge < -0.3 is 4.90 Å². The van der Waals surface area contributed by atoms with Gasteiger partial charge in [0, 0.05) is 26.9 Å². The van der Waals surface area contributed by atoms with Gasteiger partial charge in [0.2, 0.25) is 0 Å². The Morgan fingerprint density at radius 1 is 0.639 bits per heavy atom. The Kier molecular flexibility index (Phi) is 5.15. The van der Waals surface area contributed by atoms with Gasteiger partial charge in [0.1, 0.15) is 11.9 Å². The van der Waals surface area contributed by atoms with E-state index in [2.05, 4.69) is 139 Å². The molecule has 5 aromatic rings. The Hall–Kier alpha value is -4.21. The lowest BCUT2D eigenvalue weighted by atomic mass is 9.94. The zero-order valence-corrected chi connectivity index (χ0v) is 20.5. The highest BCUT2D eigenvalue weighted by atomic mass is 32.1. The van der Waals surface area contributed by atoms with Crippen LogP contribution < -0.4 is 0 Å². The lowest BCUT2D eigenvalue weighted by Gasteiger charge is -2.28. The molecular weight excluding hydrogens is 456 g/mol. The van der Waals surface area contributed by atoms with Crippen molar-refractivity contribution >= 4 is 27.9 Å². The smallest absolute Gasteiger partial charge is 0.128 e. The summed E-state index contributed by atoms with van der Waals surface area (Å²) >= 11 is 1.89. The minimum Gasteiger partial charge on any atom is -0.323 e. The van der Waals surface area contributed by atoms with Crippen LogP contribution in [0.5, 0.6) is 0 Å². The van der Waals surface area contributed by atoms with E-state index in [0.717, 1.165) is 5.84 Å². The zero-order chi connectivity index (χ0) is 23.9. The quantitative estimate of drug-likeness (QED) is 0.251. The van der Waals surface area contributed by atoms with Crippen LogP contribution in [0.2, 0.25) is 0 Å². The van der Waals surface area contributed by atoms with Crippen molar-refractivity contribution < 1.29 is 0 Å². The van der Waals surface area contributed by atoms with Gasteiger partial charge in [-0.1, -0.05) is 115 Å². The molecular formula is C33H24N2S. The number of thiophene rings is 1. The number of nitrogens with zero attached hydrogens (tertiary/aromatic N) is 2. The Morgan fingerprint density at radius 3 is 2.11 bits per heavy atom. The Labute approximate surface area is 215 Å². The van der Waals surface area contributed by atoms with E-state index in [9.17, 15) is 0 Å². The van der Waals surface area contributed by atoms with Gasteiger partial charge in [-0.2, -0.15) is 0 Å². The van der Waals surface area contributed by atoms with Gasteiger partial charge in [-0.3, -0.25) is 4.99 Å². The number of hydrogen-bond donors (Lipinski definition) is 0. The molecule has 0 spiro atoms. The van der Waals surface area contributed by atoms with E-state index in [1.54, 1.807) is 0 Å². The molecule has 2 nitrogen and oxygen atoms in total. The minimum absolute atomic E-state index is 0.0161. The van der Waals surface area contributed by atoms with Gasteiger partial charge >= 0.3 is 0 Å². The summed E-state index contributed by atoms with van der Waals surface area (Å²) in [5, 5.41) is 2.59. The van der Waals surface area contributed by atoms with Crippen molar-refractivity contribution in [1.29, 1.82) is 0 Å². The van der Waals surface area contributed by atoms with Crippen molar-refractivity contribution in [3.05, 3.63) is 144 Å². The number of rotatable bonds is 4. The number of allylic oxidation sites excluding steroid dienone is 2. The molecule has 0 saturated heterocycles. The molecule has 0 radical (unpaired) electrons. The van der Waals surface area contributed by atoms with Crippen LogP contribution in [0.3, 0.4) is 0 Å². The van der Waals surface area contributed by atoms with Crippen LogP contribution in [0.25, 0.3) is 32.3 Å². The van der Waals surface area contributed by atoms with Crippen LogP contribution >= 0.6 is 11.3 Å². The Bertz CT molecular complexity index is 1640. The molecule has 172 valence electrons. The summed E-state index contributed by atoms with van der Waals surface area (Å²) in [5.41, 5.74) is 5.06. The number of fused-ring (bicyclic) bond motifs is 2. The van der Waals surface area contributed by atoms with Gasteiger partial charge in [0.05, 0.1) is 6.04 Å². The lowest BCUT2D eigenvalue weighted by molar-refractivity contribution is 0.400. The fraction of sp³-hybridized carbons (Fsp3) is 0.0606. The van der Waals surface area contributed by atoms with E-state index >= 15 is 0 Å². The summed E-state index contributed by atoms with van der Waals surface area (Å²) in [6, 6.07) is 39.2. The average Bonchev–Trinajstić information content (AvgIpc) is 3.53. The topological polar surface area (TPSA) is 15.6 Å². The maximum absolute atomic E-state index is 5.29. The molecule has 7 rings (SSSR count). The average molecular weight is 481 g/mol. The Morgan fingerprint density at radius 2 is 1.31 bits per heavy atom. The van der Waals surface area contributed by atoms with E-state index in [0.29, 0.717) is 0 Å². The van der Waals surface area contributed by atoms with E-state index in [1.807, 2.05) is 11.3 Å². The van der Waals surface area contributed by atoms with Crippen LogP contribution in [-0.2, 0) is 0 Å². The highest BCUT2D eigenvalue weighted by Gasteiger charge is 2.39. The van der Waals surface area contributed by atoms with Crippen molar-refractivity contribution in [2.75, 3.05) is 0 Å². The van der Waals surface area contributed by atoms with Crippen LogP contribution in [0.4, 0.5) is 0 Å². The normalized spacial score (nSPS) is 18.4. The fourth-order valence-corrected chi connectivity index (χ4v) is 6.82. The van der Waals surface area contributed by atoms with E-state index in [-0.39, 0.29) is 12.1 Å². The predicted molar refractivity (Wildman–Crippen MR) is 152 cm³/mol. The molecule has 0 amide bonds. The highest BCUT2D eigenvalue weighted by Crippen LogP contribution is 2.51. The van der Waals surface area contributed by atoms with Gasteiger partial charge in [-0.25, -0.2) is 0 Å². The summed E-state index contributed by atoms with van der Waals surface area (Å²) in [6.07, 6.45) is 8.47. The molecule has 0 aliphatic carbocycles. The van der Waals surface area contributed by atoms with E-state index in [1.165, 1.54) is 42.8 Å². The number of benzene rings is 4. The monoisotopic (exact) mass is 480 g/mol. The molecule has 1 aromatic heterocycles. The van der Waals surface area contributed by atoms with Crippen molar-refractivity contribution in [2.24, 2.45) is 4.99 Å². The number of aliphatic imine (C=N–C) groups is 1. The molecule has 3 heteroatoms. The van der Waals surface area contributed by atoms with Gasteiger partial charge in [-0.05, 0) is 34.2 Å². The molecule has 36 heavy (non-hydrogen) atoms. The van der Waals surface area contributed by atoms with Crippen LogP contribution in [0, 0.1) is 0 Å². The first-order valence-corrected chi connectivity index (χ1v) is 13.1. The van der Waals surface area contributed by atoms with Crippen molar-refractivity contribution in [3.8, 4) is 21.6 Å². The van der Waals surface area contributed by atoms with Gasteiger partial charge in [-0.15, -0.1) is 11.3 Å². The largest absolute Gasteiger partial charge is 0.323 e. The fourth-order valence-electron chi connectivity index (χ4n) is 5.44. The molecule has 4 aromatic carbocycles. The molecule has 0 N–H and O–H groups in total. The first-order valence-electron chi connectivity index (χ1n) is 12.3. The summed E-state index contributed by atoms with van der Waals surface area (Å²) in [5.74, 6) is 1.03.